The lowest BCUT2D eigenvalue weighted by Gasteiger charge is -2.14. The highest BCUT2D eigenvalue weighted by molar-refractivity contribution is 5.91. The predicted octanol–water partition coefficient (Wildman–Crippen LogP) is 3.43. The molecule has 0 aliphatic carbocycles. The van der Waals surface area contributed by atoms with Gasteiger partial charge in [0.25, 0.3) is 5.91 Å². The van der Waals surface area contributed by atoms with Crippen LogP contribution in [0.2, 0.25) is 0 Å². The van der Waals surface area contributed by atoms with Crippen molar-refractivity contribution >= 4 is 11.9 Å². The average molecular weight is 341 g/mol. The molecular weight excluding hydrogens is 318 g/mol. The number of hydrogen-bond donors (Lipinski definition) is 1. The first-order valence-corrected chi connectivity index (χ1v) is 8.25. The Morgan fingerprint density at radius 2 is 1.68 bits per heavy atom. The van der Waals surface area contributed by atoms with E-state index in [1.54, 1.807) is 24.3 Å². The number of rotatable bonds is 7. The van der Waals surface area contributed by atoms with E-state index in [0.717, 1.165) is 11.1 Å². The van der Waals surface area contributed by atoms with Crippen molar-refractivity contribution in [3.63, 3.8) is 0 Å². The second-order valence-electron chi connectivity index (χ2n) is 5.73. The maximum Gasteiger partial charge on any atom is 0.338 e. The van der Waals surface area contributed by atoms with E-state index in [9.17, 15) is 9.59 Å². The number of ether oxygens (including phenoxy) is 2. The van der Waals surface area contributed by atoms with Gasteiger partial charge in [-0.1, -0.05) is 29.8 Å². The number of amides is 1. The van der Waals surface area contributed by atoms with Crippen molar-refractivity contribution < 1.29 is 19.1 Å². The van der Waals surface area contributed by atoms with Crippen LogP contribution < -0.4 is 10.1 Å². The topological polar surface area (TPSA) is 64.6 Å². The highest BCUT2D eigenvalue weighted by atomic mass is 16.5. The lowest BCUT2D eigenvalue weighted by Crippen LogP contribution is -2.31. The molecule has 1 N–H and O–H groups in total. The summed E-state index contributed by atoms with van der Waals surface area (Å²) in [6.07, 6.45) is 0. The van der Waals surface area contributed by atoms with Crippen LogP contribution in [-0.2, 0) is 9.53 Å². The third-order valence-electron chi connectivity index (χ3n) is 3.69. The van der Waals surface area contributed by atoms with Gasteiger partial charge in [0.05, 0.1) is 18.2 Å². The number of carbonyl (C=O) groups is 2. The highest BCUT2D eigenvalue weighted by Gasteiger charge is 2.13. The molecule has 5 heteroatoms. The Morgan fingerprint density at radius 1 is 1.04 bits per heavy atom. The van der Waals surface area contributed by atoms with Gasteiger partial charge in [0.2, 0.25) is 0 Å². The third kappa shape index (κ3) is 5.64. The van der Waals surface area contributed by atoms with E-state index in [1.807, 2.05) is 45.0 Å². The molecule has 2 aromatic carbocycles. The summed E-state index contributed by atoms with van der Waals surface area (Å²) < 4.78 is 10.4. The van der Waals surface area contributed by atoms with Gasteiger partial charge in [-0.3, -0.25) is 4.79 Å². The summed E-state index contributed by atoms with van der Waals surface area (Å²) in [4.78, 5) is 23.9. The zero-order valence-electron chi connectivity index (χ0n) is 14.7. The molecule has 5 nitrogen and oxygen atoms in total. The van der Waals surface area contributed by atoms with E-state index in [-0.39, 0.29) is 18.6 Å². The predicted molar refractivity (Wildman–Crippen MR) is 95.6 cm³/mol. The summed E-state index contributed by atoms with van der Waals surface area (Å²) in [5.74, 6) is -0.197. The van der Waals surface area contributed by atoms with Crippen LogP contribution in [-0.4, -0.2) is 25.1 Å². The van der Waals surface area contributed by atoms with E-state index >= 15 is 0 Å². The van der Waals surface area contributed by atoms with Crippen molar-refractivity contribution in [2.45, 2.75) is 26.8 Å². The first kappa shape index (κ1) is 18.5. The van der Waals surface area contributed by atoms with Crippen LogP contribution in [0.3, 0.4) is 0 Å². The van der Waals surface area contributed by atoms with Crippen LogP contribution in [0, 0.1) is 6.92 Å². The number of hydrogen-bond acceptors (Lipinski definition) is 4. The normalized spacial score (nSPS) is 11.5. The second kappa shape index (κ2) is 8.87. The fourth-order valence-corrected chi connectivity index (χ4v) is 2.29. The summed E-state index contributed by atoms with van der Waals surface area (Å²) in [7, 11) is 0. The van der Waals surface area contributed by atoms with Gasteiger partial charge in [-0.25, -0.2) is 4.79 Å². The standard InChI is InChI=1S/C20H23NO4/c1-4-24-18-11-9-17(10-12-18)20(23)25-13-19(22)21-15(3)16-7-5-14(2)6-8-16/h5-12,15H,4,13H2,1-3H3,(H,21,22)/t15-/m0/s1. The molecule has 2 aromatic rings. The van der Waals surface area contributed by atoms with E-state index < -0.39 is 5.97 Å². The highest BCUT2D eigenvalue weighted by Crippen LogP contribution is 2.14. The molecule has 0 heterocycles. The quantitative estimate of drug-likeness (QED) is 0.784. The molecule has 1 atom stereocenters. The molecule has 0 aliphatic heterocycles. The van der Waals surface area contributed by atoms with Gasteiger partial charge in [0, 0.05) is 0 Å². The fourth-order valence-electron chi connectivity index (χ4n) is 2.29. The molecule has 0 fully saturated rings. The van der Waals surface area contributed by atoms with Crippen LogP contribution in [0.1, 0.15) is 41.4 Å². The van der Waals surface area contributed by atoms with Crippen molar-refractivity contribution in [1.29, 1.82) is 0 Å². The first-order chi connectivity index (χ1) is 12.0. The molecule has 0 saturated heterocycles. The SMILES string of the molecule is CCOc1ccc(C(=O)OCC(=O)N[C@@H](C)c2ccc(C)cc2)cc1. The Bertz CT molecular complexity index is 707. The smallest absolute Gasteiger partial charge is 0.338 e. The van der Waals surface area contributed by atoms with Crippen molar-refractivity contribution in [2.75, 3.05) is 13.2 Å². The van der Waals surface area contributed by atoms with E-state index in [4.69, 9.17) is 9.47 Å². The van der Waals surface area contributed by atoms with Gasteiger partial charge in [-0.15, -0.1) is 0 Å². The van der Waals surface area contributed by atoms with E-state index in [2.05, 4.69) is 5.32 Å². The molecule has 0 aliphatic rings. The maximum absolute atomic E-state index is 12.0. The number of benzene rings is 2. The van der Waals surface area contributed by atoms with Crippen LogP contribution in [0.5, 0.6) is 5.75 Å². The Labute approximate surface area is 148 Å². The van der Waals surface area contributed by atoms with Crippen molar-refractivity contribution in [1.82, 2.24) is 5.32 Å². The van der Waals surface area contributed by atoms with E-state index in [0.29, 0.717) is 17.9 Å². The minimum Gasteiger partial charge on any atom is -0.494 e. The zero-order valence-corrected chi connectivity index (χ0v) is 14.7. The molecular formula is C20H23NO4. The van der Waals surface area contributed by atoms with Gasteiger partial charge in [-0.2, -0.15) is 0 Å². The Hall–Kier alpha value is -2.82. The summed E-state index contributed by atoms with van der Waals surface area (Å²) in [6.45, 7) is 6.02. The number of nitrogens with one attached hydrogen (secondary N) is 1. The zero-order chi connectivity index (χ0) is 18.2. The summed E-state index contributed by atoms with van der Waals surface area (Å²) in [5, 5.41) is 2.81. The van der Waals surface area contributed by atoms with Crippen LogP contribution >= 0.6 is 0 Å². The Kier molecular flexibility index (Phi) is 6.57. The molecule has 0 bridgehead atoms. The van der Waals surface area contributed by atoms with Gasteiger partial charge in [-0.05, 0) is 50.6 Å². The van der Waals surface area contributed by atoms with Gasteiger partial charge < -0.3 is 14.8 Å². The molecule has 132 valence electrons. The monoisotopic (exact) mass is 341 g/mol. The minimum absolute atomic E-state index is 0.155. The molecule has 0 saturated carbocycles. The lowest BCUT2D eigenvalue weighted by atomic mass is 10.1. The molecule has 0 spiro atoms. The molecule has 2 rings (SSSR count). The second-order valence-corrected chi connectivity index (χ2v) is 5.73. The summed E-state index contributed by atoms with van der Waals surface area (Å²) in [5.41, 5.74) is 2.53. The number of carbonyl (C=O) groups excluding carboxylic acids is 2. The maximum atomic E-state index is 12.0. The third-order valence-corrected chi connectivity index (χ3v) is 3.69. The van der Waals surface area contributed by atoms with E-state index in [1.165, 1.54) is 0 Å². The van der Waals surface area contributed by atoms with Gasteiger partial charge in [0.1, 0.15) is 5.75 Å². The summed E-state index contributed by atoms with van der Waals surface area (Å²) >= 11 is 0. The van der Waals surface area contributed by atoms with Gasteiger partial charge >= 0.3 is 5.97 Å². The fraction of sp³-hybridized carbons (Fsp3) is 0.300. The van der Waals surface area contributed by atoms with Crippen molar-refractivity contribution in [3.8, 4) is 5.75 Å². The lowest BCUT2D eigenvalue weighted by molar-refractivity contribution is -0.124. The minimum atomic E-state index is -0.541. The Morgan fingerprint density at radius 3 is 2.28 bits per heavy atom. The van der Waals surface area contributed by atoms with Crippen molar-refractivity contribution in [3.05, 3.63) is 65.2 Å². The van der Waals surface area contributed by atoms with Crippen molar-refractivity contribution in [2.24, 2.45) is 0 Å². The number of aryl methyl sites for hydroxylation is 1. The first-order valence-electron chi connectivity index (χ1n) is 8.25. The largest absolute Gasteiger partial charge is 0.494 e. The average Bonchev–Trinajstić information content (AvgIpc) is 2.61. The summed E-state index contributed by atoms with van der Waals surface area (Å²) in [6, 6.07) is 14.4. The molecule has 0 aromatic heterocycles. The molecule has 0 unspecified atom stereocenters. The molecule has 0 radical (unpaired) electrons. The van der Waals surface area contributed by atoms with Crippen LogP contribution in [0.4, 0.5) is 0 Å². The van der Waals surface area contributed by atoms with Crippen LogP contribution in [0.15, 0.2) is 48.5 Å². The van der Waals surface area contributed by atoms with Crippen LogP contribution in [0.25, 0.3) is 0 Å². The molecule has 25 heavy (non-hydrogen) atoms. The number of esters is 1. The Balaban J connectivity index is 1.82. The molecule has 1 amide bonds. The van der Waals surface area contributed by atoms with Gasteiger partial charge in [0.15, 0.2) is 6.61 Å².